The Morgan fingerprint density at radius 2 is 1.70 bits per heavy atom. The van der Waals surface area contributed by atoms with Crippen molar-refractivity contribution >= 4 is 22.2 Å². The smallest absolute Gasteiger partial charge is 0.303 e. The molecule has 1 amide bonds. The van der Waals surface area contributed by atoms with Gasteiger partial charge in [-0.05, 0) is 51.3 Å². The van der Waals surface area contributed by atoms with E-state index in [0.717, 1.165) is 18.4 Å². The molecule has 1 aliphatic heterocycles. The van der Waals surface area contributed by atoms with Crippen LogP contribution in [-0.4, -0.2) is 40.8 Å². The van der Waals surface area contributed by atoms with Crippen molar-refractivity contribution < 1.29 is 18.5 Å². The topological polar surface area (TPSA) is 55.8 Å². The minimum Gasteiger partial charge on any atom is -0.452 e. The van der Waals surface area contributed by atoms with Crippen LogP contribution < -0.4 is 0 Å². The van der Waals surface area contributed by atoms with Gasteiger partial charge < -0.3 is 13.8 Å². The summed E-state index contributed by atoms with van der Waals surface area (Å²) in [6.07, 6.45) is 8.55. The number of rotatable bonds is 8. The van der Waals surface area contributed by atoms with Crippen molar-refractivity contribution in [1.29, 1.82) is 0 Å². The standard InChI is InChI=1S/C31H39NO4S/c1-24(33)36-29-20-26(22-32(30(29)34)21-25-14-8-5-9-15-25)23-35-37(31(2,3)4,27-16-10-6-11-17-27)28-18-12-7-13-19-28/h5-6,8-12,14-19,26,29H,7,13,20-23H2,1-4H3. The molecule has 0 saturated carbocycles. The number of ether oxygens (including phenoxy) is 1. The van der Waals surface area contributed by atoms with Gasteiger partial charge in [-0.1, -0.05) is 77.1 Å². The maximum absolute atomic E-state index is 13.2. The molecule has 1 aliphatic carbocycles. The Morgan fingerprint density at radius 1 is 1.03 bits per heavy atom. The second-order valence-electron chi connectivity index (χ2n) is 10.8. The molecule has 0 bridgehead atoms. The van der Waals surface area contributed by atoms with Crippen molar-refractivity contribution in [3.05, 3.63) is 89.4 Å². The molecule has 0 spiro atoms. The predicted octanol–water partition coefficient (Wildman–Crippen LogP) is 6.79. The fourth-order valence-electron chi connectivity index (χ4n) is 5.22. The molecule has 198 valence electrons. The first-order valence-corrected chi connectivity index (χ1v) is 14.7. The Kier molecular flexibility index (Phi) is 8.60. The lowest BCUT2D eigenvalue weighted by Gasteiger charge is -2.52. The fraction of sp³-hybridized carbons (Fsp3) is 0.419. The largest absolute Gasteiger partial charge is 0.452 e. The van der Waals surface area contributed by atoms with Gasteiger partial charge in [-0.25, -0.2) is 0 Å². The fourth-order valence-corrected chi connectivity index (χ4v) is 9.11. The normalized spacial score (nSPS) is 22.6. The summed E-state index contributed by atoms with van der Waals surface area (Å²) in [6, 6.07) is 20.5. The van der Waals surface area contributed by atoms with E-state index >= 15 is 0 Å². The van der Waals surface area contributed by atoms with Crippen LogP contribution >= 0.6 is 10.3 Å². The van der Waals surface area contributed by atoms with Gasteiger partial charge in [-0.3, -0.25) is 9.59 Å². The molecule has 2 aromatic rings. The molecule has 4 rings (SSSR count). The first-order valence-electron chi connectivity index (χ1n) is 13.1. The van der Waals surface area contributed by atoms with E-state index in [1.54, 1.807) is 0 Å². The lowest BCUT2D eigenvalue weighted by atomic mass is 9.95. The number of carbonyl (C=O) groups is 2. The van der Waals surface area contributed by atoms with E-state index in [1.807, 2.05) is 41.3 Å². The quantitative estimate of drug-likeness (QED) is 0.359. The molecule has 0 N–H and O–H groups in total. The first kappa shape index (κ1) is 27.2. The SMILES string of the molecule is CC(=O)OC1CC(COS(C2=CCCC=C2)(c2ccccc2)C(C)(C)C)CN(Cc2ccccc2)C1=O. The molecule has 2 aromatic carbocycles. The highest BCUT2D eigenvalue weighted by atomic mass is 32.3. The summed E-state index contributed by atoms with van der Waals surface area (Å²) < 4.78 is 12.5. The summed E-state index contributed by atoms with van der Waals surface area (Å²) >= 11 is 0. The monoisotopic (exact) mass is 521 g/mol. The average molecular weight is 522 g/mol. The molecule has 6 heteroatoms. The van der Waals surface area contributed by atoms with E-state index in [1.165, 1.54) is 16.7 Å². The zero-order valence-corrected chi connectivity index (χ0v) is 23.2. The first-order chi connectivity index (χ1) is 17.7. The summed E-state index contributed by atoms with van der Waals surface area (Å²) in [5.74, 6) is -0.529. The molecule has 5 nitrogen and oxygen atoms in total. The van der Waals surface area contributed by atoms with E-state index in [4.69, 9.17) is 8.92 Å². The van der Waals surface area contributed by atoms with Crippen LogP contribution in [0.5, 0.6) is 0 Å². The number of amides is 1. The Balaban J connectivity index is 1.64. The number of nitrogens with zero attached hydrogens (tertiary/aromatic N) is 1. The Bertz CT molecular complexity index is 1140. The number of hydrogen-bond donors (Lipinski definition) is 0. The molecule has 0 aromatic heterocycles. The van der Waals surface area contributed by atoms with Crippen LogP contribution in [0.4, 0.5) is 0 Å². The van der Waals surface area contributed by atoms with Crippen LogP contribution in [-0.2, 0) is 25.1 Å². The Hall–Kier alpha value is -2.83. The highest BCUT2D eigenvalue weighted by molar-refractivity contribution is 8.34. The molecule has 2 aliphatic rings. The highest BCUT2D eigenvalue weighted by Crippen LogP contribution is 2.72. The van der Waals surface area contributed by atoms with Crippen LogP contribution in [0.1, 0.15) is 52.5 Å². The van der Waals surface area contributed by atoms with Crippen LogP contribution in [0.25, 0.3) is 0 Å². The van der Waals surface area contributed by atoms with Crippen molar-refractivity contribution in [3.63, 3.8) is 0 Å². The van der Waals surface area contributed by atoms with Crippen molar-refractivity contribution in [2.24, 2.45) is 5.92 Å². The zero-order valence-electron chi connectivity index (χ0n) is 22.4. The van der Waals surface area contributed by atoms with Gasteiger partial charge in [0.15, 0.2) is 6.10 Å². The van der Waals surface area contributed by atoms with Crippen molar-refractivity contribution in [3.8, 4) is 0 Å². The van der Waals surface area contributed by atoms with Gasteiger partial charge in [0.1, 0.15) is 0 Å². The zero-order chi connectivity index (χ0) is 26.5. The summed E-state index contributed by atoms with van der Waals surface area (Å²) in [5, 5.41) is 0. The number of hydrogen-bond acceptors (Lipinski definition) is 4. The molecule has 1 fully saturated rings. The Morgan fingerprint density at radius 3 is 2.30 bits per heavy atom. The number of piperidine rings is 1. The van der Waals surface area contributed by atoms with Crippen LogP contribution in [0.2, 0.25) is 0 Å². The van der Waals surface area contributed by atoms with E-state index in [2.05, 4.69) is 63.3 Å². The third-order valence-electron chi connectivity index (χ3n) is 6.85. The average Bonchev–Trinajstić information content (AvgIpc) is 2.88. The molecular formula is C31H39NO4S. The predicted molar refractivity (Wildman–Crippen MR) is 150 cm³/mol. The lowest BCUT2D eigenvalue weighted by molar-refractivity contribution is -0.164. The van der Waals surface area contributed by atoms with Gasteiger partial charge in [0, 0.05) is 46.9 Å². The van der Waals surface area contributed by atoms with E-state index in [0.29, 0.717) is 26.1 Å². The molecule has 37 heavy (non-hydrogen) atoms. The number of carbonyl (C=O) groups excluding carboxylic acids is 2. The van der Waals surface area contributed by atoms with Crippen LogP contribution in [0, 0.1) is 5.92 Å². The summed E-state index contributed by atoms with van der Waals surface area (Å²) in [7, 11) is -1.86. The minimum atomic E-state index is -1.86. The molecule has 1 saturated heterocycles. The summed E-state index contributed by atoms with van der Waals surface area (Å²) in [5.41, 5.74) is 1.05. The molecule has 3 atom stereocenters. The third kappa shape index (κ3) is 6.19. The number of esters is 1. The van der Waals surface area contributed by atoms with Gasteiger partial charge in [-0.2, -0.15) is 0 Å². The van der Waals surface area contributed by atoms with Gasteiger partial charge in [0.05, 0.1) is 6.61 Å². The van der Waals surface area contributed by atoms with Crippen LogP contribution in [0.3, 0.4) is 0 Å². The number of allylic oxidation sites excluding steroid dienone is 3. The van der Waals surface area contributed by atoms with Gasteiger partial charge in [0.2, 0.25) is 0 Å². The summed E-state index contributed by atoms with van der Waals surface area (Å²) in [6.45, 7) is 9.65. The Labute approximate surface area is 223 Å². The molecule has 1 heterocycles. The maximum atomic E-state index is 13.2. The highest BCUT2D eigenvalue weighted by Gasteiger charge is 2.44. The van der Waals surface area contributed by atoms with E-state index in [-0.39, 0.29) is 16.6 Å². The lowest BCUT2D eigenvalue weighted by Crippen LogP contribution is -2.50. The molecule has 0 radical (unpaired) electrons. The second kappa shape index (κ2) is 11.7. The number of benzene rings is 2. The van der Waals surface area contributed by atoms with E-state index < -0.39 is 22.4 Å². The van der Waals surface area contributed by atoms with Gasteiger partial charge >= 0.3 is 5.97 Å². The van der Waals surface area contributed by atoms with E-state index in [9.17, 15) is 9.59 Å². The van der Waals surface area contributed by atoms with Crippen LogP contribution in [0.15, 0.2) is 88.7 Å². The molecular weight excluding hydrogens is 482 g/mol. The molecule has 3 unspecified atom stereocenters. The minimum absolute atomic E-state index is 0.0388. The second-order valence-corrected chi connectivity index (χ2v) is 14.3. The summed E-state index contributed by atoms with van der Waals surface area (Å²) in [4.78, 5) is 29.3. The van der Waals surface area contributed by atoms with Gasteiger partial charge in [-0.15, -0.1) is 0 Å². The van der Waals surface area contributed by atoms with Crippen molar-refractivity contribution in [2.75, 3.05) is 13.2 Å². The van der Waals surface area contributed by atoms with Crippen molar-refractivity contribution in [1.82, 2.24) is 4.90 Å². The number of likely N-dealkylation sites (tertiary alicyclic amines) is 1. The van der Waals surface area contributed by atoms with Gasteiger partial charge in [0.25, 0.3) is 5.91 Å². The maximum Gasteiger partial charge on any atom is 0.303 e. The van der Waals surface area contributed by atoms with Crippen molar-refractivity contribution in [2.45, 2.75) is 69.2 Å². The third-order valence-corrected chi connectivity index (χ3v) is 11.0.